The van der Waals surface area contributed by atoms with Crippen LogP contribution in [0.5, 0.6) is 5.75 Å². The van der Waals surface area contributed by atoms with Crippen LogP contribution >= 0.6 is 34.5 Å². The lowest BCUT2D eigenvalue weighted by Crippen LogP contribution is -2.34. The number of ether oxygens (including phenoxy) is 1. The number of thiazole rings is 1. The molecule has 2 aromatic carbocycles. The first-order valence-corrected chi connectivity index (χ1v) is 10.3. The van der Waals surface area contributed by atoms with E-state index in [4.69, 9.17) is 32.4 Å². The highest BCUT2D eigenvalue weighted by atomic mass is 35.5. The highest BCUT2D eigenvalue weighted by Crippen LogP contribution is 2.31. The Morgan fingerprint density at radius 3 is 2.83 bits per heavy atom. The van der Waals surface area contributed by atoms with Gasteiger partial charge in [0.1, 0.15) is 11.5 Å². The van der Waals surface area contributed by atoms with E-state index >= 15 is 0 Å². The highest BCUT2D eigenvalue weighted by molar-refractivity contribution is 7.22. The first kappa shape index (κ1) is 19.8. The van der Waals surface area contributed by atoms with Crippen molar-refractivity contribution in [3.05, 3.63) is 76.2 Å². The molecular formula is C21H16Cl2N2O3S. The Kier molecular flexibility index (Phi) is 5.76. The van der Waals surface area contributed by atoms with Crippen molar-refractivity contribution in [3.63, 3.8) is 0 Å². The fourth-order valence-electron chi connectivity index (χ4n) is 2.77. The fraction of sp³-hybridized carbons (Fsp3) is 0.143. The van der Waals surface area contributed by atoms with Crippen LogP contribution in [0.4, 0.5) is 5.13 Å². The van der Waals surface area contributed by atoms with Gasteiger partial charge in [-0.05, 0) is 55.0 Å². The summed E-state index contributed by atoms with van der Waals surface area (Å²) in [5.74, 6) is 0.781. The third-order valence-corrected chi connectivity index (χ3v) is 5.78. The second kappa shape index (κ2) is 8.45. The maximum atomic E-state index is 13.0. The van der Waals surface area contributed by atoms with Crippen molar-refractivity contribution in [2.75, 3.05) is 11.5 Å². The molecule has 0 aliphatic rings. The molecule has 0 saturated heterocycles. The summed E-state index contributed by atoms with van der Waals surface area (Å²) in [6, 6.07) is 14.5. The predicted octanol–water partition coefficient (Wildman–Crippen LogP) is 6.12. The zero-order valence-corrected chi connectivity index (χ0v) is 17.7. The van der Waals surface area contributed by atoms with Crippen molar-refractivity contribution in [2.45, 2.75) is 13.5 Å². The van der Waals surface area contributed by atoms with Gasteiger partial charge in [0.15, 0.2) is 11.7 Å². The van der Waals surface area contributed by atoms with Crippen LogP contribution in [0.3, 0.4) is 0 Å². The van der Waals surface area contributed by atoms with E-state index in [0.29, 0.717) is 26.7 Å². The zero-order chi connectivity index (χ0) is 20.4. The first-order chi connectivity index (χ1) is 14.0. The monoisotopic (exact) mass is 446 g/mol. The molecule has 4 rings (SSSR count). The number of furan rings is 1. The van der Waals surface area contributed by atoms with E-state index in [9.17, 15) is 4.79 Å². The third kappa shape index (κ3) is 4.56. The summed E-state index contributed by atoms with van der Waals surface area (Å²) in [4.78, 5) is 19.2. The van der Waals surface area contributed by atoms with Gasteiger partial charge in [-0.25, -0.2) is 4.98 Å². The first-order valence-electron chi connectivity index (χ1n) is 8.77. The molecule has 0 aliphatic carbocycles. The third-order valence-electron chi connectivity index (χ3n) is 4.20. The largest absolute Gasteiger partial charge is 0.482 e. The maximum Gasteiger partial charge on any atom is 0.267 e. The Balaban J connectivity index is 1.59. The minimum Gasteiger partial charge on any atom is -0.482 e. The average molecular weight is 447 g/mol. The van der Waals surface area contributed by atoms with E-state index in [0.717, 1.165) is 15.8 Å². The second-order valence-electron chi connectivity index (χ2n) is 6.39. The Hall–Kier alpha value is -2.54. The molecule has 0 atom stereocenters. The van der Waals surface area contributed by atoms with Crippen LogP contribution in [-0.2, 0) is 11.3 Å². The Labute approximate surface area is 181 Å². The van der Waals surface area contributed by atoms with E-state index in [1.165, 1.54) is 11.3 Å². The molecule has 0 unspecified atom stereocenters. The molecule has 2 heterocycles. The van der Waals surface area contributed by atoms with Crippen LogP contribution in [0, 0.1) is 6.92 Å². The summed E-state index contributed by atoms with van der Waals surface area (Å²) in [5, 5.41) is 1.43. The van der Waals surface area contributed by atoms with Crippen LogP contribution < -0.4 is 9.64 Å². The molecule has 4 aromatic rings. The van der Waals surface area contributed by atoms with E-state index in [1.54, 1.807) is 35.4 Å². The van der Waals surface area contributed by atoms with Crippen LogP contribution in [0.15, 0.2) is 59.2 Å². The summed E-state index contributed by atoms with van der Waals surface area (Å²) < 4.78 is 12.1. The van der Waals surface area contributed by atoms with Gasteiger partial charge in [0.05, 0.1) is 28.0 Å². The van der Waals surface area contributed by atoms with Crippen LogP contribution in [0.25, 0.3) is 10.2 Å². The summed E-state index contributed by atoms with van der Waals surface area (Å²) in [6.45, 7) is 2.08. The van der Waals surface area contributed by atoms with Gasteiger partial charge in [0.25, 0.3) is 5.91 Å². The molecule has 0 saturated carbocycles. The molecule has 0 fully saturated rings. The van der Waals surface area contributed by atoms with Gasteiger partial charge in [0, 0.05) is 5.02 Å². The SMILES string of the molecule is Cc1ccc2nc(N(Cc3ccco3)C(=O)COc3ccc(Cl)cc3Cl)sc2c1. The fourth-order valence-corrected chi connectivity index (χ4v) is 4.31. The molecule has 0 N–H and O–H groups in total. The number of nitrogens with zero attached hydrogens (tertiary/aromatic N) is 2. The standard InChI is InChI=1S/C21H16Cl2N2O3S/c1-13-4-6-17-19(9-13)29-21(24-17)25(11-15-3-2-8-27-15)20(26)12-28-18-7-5-14(22)10-16(18)23/h2-10H,11-12H2,1H3. The summed E-state index contributed by atoms with van der Waals surface area (Å²) in [5.41, 5.74) is 1.98. The van der Waals surface area contributed by atoms with E-state index in [-0.39, 0.29) is 19.1 Å². The van der Waals surface area contributed by atoms with E-state index in [2.05, 4.69) is 11.1 Å². The van der Waals surface area contributed by atoms with Crippen molar-refractivity contribution in [3.8, 4) is 5.75 Å². The molecule has 5 nitrogen and oxygen atoms in total. The maximum absolute atomic E-state index is 13.0. The van der Waals surface area contributed by atoms with E-state index < -0.39 is 0 Å². The van der Waals surface area contributed by atoms with E-state index in [1.807, 2.05) is 25.1 Å². The molecule has 148 valence electrons. The van der Waals surface area contributed by atoms with Crippen molar-refractivity contribution >= 4 is 55.8 Å². The van der Waals surface area contributed by atoms with Gasteiger partial charge in [0.2, 0.25) is 0 Å². The summed E-state index contributed by atoms with van der Waals surface area (Å²) in [7, 11) is 0. The number of halogens is 2. The molecular weight excluding hydrogens is 431 g/mol. The van der Waals surface area contributed by atoms with Crippen LogP contribution in [0.1, 0.15) is 11.3 Å². The predicted molar refractivity (Wildman–Crippen MR) is 116 cm³/mol. The van der Waals surface area contributed by atoms with Gasteiger partial charge >= 0.3 is 0 Å². The number of fused-ring (bicyclic) bond motifs is 1. The number of rotatable bonds is 6. The number of carbonyl (C=O) groups excluding carboxylic acids is 1. The minimum absolute atomic E-state index is 0.197. The van der Waals surface area contributed by atoms with Crippen molar-refractivity contribution in [1.29, 1.82) is 0 Å². The molecule has 0 spiro atoms. The number of benzene rings is 2. The number of carbonyl (C=O) groups is 1. The average Bonchev–Trinajstić information content (AvgIpc) is 3.34. The number of hydrogen-bond donors (Lipinski definition) is 0. The number of aromatic nitrogens is 1. The molecule has 29 heavy (non-hydrogen) atoms. The normalized spacial score (nSPS) is 11.0. The van der Waals surface area contributed by atoms with Crippen LogP contribution in [0.2, 0.25) is 10.0 Å². The quantitative estimate of drug-likeness (QED) is 0.358. The number of hydrogen-bond acceptors (Lipinski definition) is 5. The Morgan fingerprint density at radius 2 is 2.07 bits per heavy atom. The summed E-state index contributed by atoms with van der Waals surface area (Å²) in [6.07, 6.45) is 1.57. The molecule has 0 radical (unpaired) electrons. The molecule has 0 aliphatic heterocycles. The Bertz CT molecular complexity index is 1160. The Morgan fingerprint density at radius 1 is 1.21 bits per heavy atom. The smallest absolute Gasteiger partial charge is 0.267 e. The molecule has 2 aromatic heterocycles. The van der Waals surface area contributed by atoms with Crippen molar-refractivity contribution in [2.24, 2.45) is 0 Å². The van der Waals surface area contributed by atoms with Gasteiger partial charge in [-0.1, -0.05) is 40.6 Å². The molecule has 8 heteroatoms. The zero-order valence-electron chi connectivity index (χ0n) is 15.4. The van der Waals surface area contributed by atoms with Crippen molar-refractivity contribution in [1.82, 2.24) is 4.98 Å². The van der Waals surface area contributed by atoms with Gasteiger partial charge in [-0.3, -0.25) is 9.69 Å². The lowest BCUT2D eigenvalue weighted by atomic mass is 10.2. The lowest BCUT2D eigenvalue weighted by Gasteiger charge is -2.19. The lowest BCUT2D eigenvalue weighted by molar-refractivity contribution is -0.120. The van der Waals surface area contributed by atoms with Crippen LogP contribution in [-0.4, -0.2) is 17.5 Å². The number of aryl methyl sites for hydroxylation is 1. The number of amides is 1. The number of anilines is 1. The van der Waals surface area contributed by atoms with Gasteiger partial charge in [-0.15, -0.1) is 0 Å². The summed E-state index contributed by atoms with van der Waals surface area (Å²) >= 11 is 13.5. The van der Waals surface area contributed by atoms with Crippen molar-refractivity contribution < 1.29 is 13.9 Å². The molecule has 0 bridgehead atoms. The second-order valence-corrected chi connectivity index (χ2v) is 8.24. The topological polar surface area (TPSA) is 55.6 Å². The molecule has 1 amide bonds. The van der Waals surface area contributed by atoms with Gasteiger partial charge in [-0.2, -0.15) is 0 Å². The minimum atomic E-state index is -0.261. The highest BCUT2D eigenvalue weighted by Gasteiger charge is 2.22. The van der Waals surface area contributed by atoms with Gasteiger partial charge < -0.3 is 9.15 Å².